The smallest absolute Gasteiger partial charge is 0.410 e. The van der Waals surface area contributed by atoms with E-state index < -0.39 is 5.60 Å². The predicted molar refractivity (Wildman–Crippen MR) is 77.7 cm³/mol. The maximum absolute atomic E-state index is 12.0. The number of nitrogens with zero attached hydrogens (tertiary/aromatic N) is 2. The second-order valence-corrected chi connectivity index (χ2v) is 7.13. The van der Waals surface area contributed by atoms with Crippen LogP contribution >= 0.6 is 0 Å². The van der Waals surface area contributed by atoms with E-state index >= 15 is 0 Å². The third kappa shape index (κ3) is 5.67. The zero-order valence-corrected chi connectivity index (χ0v) is 13.4. The van der Waals surface area contributed by atoms with Crippen molar-refractivity contribution in [2.24, 2.45) is 0 Å². The van der Waals surface area contributed by atoms with Crippen LogP contribution in [0.2, 0.25) is 0 Å². The van der Waals surface area contributed by atoms with Crippen LogP contribution < -0.4 is 5.32 Å². The monoisotopic (exact) mass is 285 g/mol. The molecule has 0 unspecified atom stereocenters. The van der Waals surface area contributed by atoms with Crippen LogP contribution in [0.3, 0.4) is 0 Å². The highest BCUT2D eigenvalue weighted by Gasteiger charge is 2.28. The molecule has 3 amide bonds. The van der Waals surface area contributed by atoms with Gasteiger partial charge in [0, 0.05) is 31.7 Å². The van der Waals surface area contributed by atoms with Crippen LogP contribution in [0.5, 0.6) is 0 Å². The summed E-state index contributed by atoms with van der Waals surface area (Å²) in [5, 5.41) is 2.92. The molecule has 0 aromatic rings. The van der Waals surface area contributed by atoms with Crippen molar-refractivity contribution >= 4 is 12.1 Å². The maximum Gasteiger partial charge on any atom is 0.410 e. The van der Waals surface area contributed by atoms with Gasteiger partial charge in [-0.1, -0.05) is 0 Å². The Hall–Kier alpha value is -1.46. The van der Waals surface area contributed by atoms with Crippen LogP contribution in [0.4, 0.5) is 9.59 Å². The van der Waals surface area contributed by atoms with Crippen molar-refractivity contribution in [2.45, 2.75) is 52.7 Å². The average Bonchev–Trinajstić information content (AvgIpc) is 2.24. The second-order valence-electron chi connectivity index (χ2n) is 7.13. The average molecular weight is 285 g/mol. The fourth-order valence-electron chi connectivity index (χ4n) is 1.82. The molecule has 1 aliphatic heterocycles. The van der Waals surface area contributed by atoms with Crippen LogP contribution in [0.1, 0.15) is 41.5 Å². The number of hydrogen-bond acceptors (Lipinski definition) is 3. The Morgan fingerprint density at radius 1 is 0.900 bits per heavy atom. The standard InChI is InChI=1S/C14H27N3O3/c1-13(2,3)15-11(18)16-7-9-17(10-8-16)12(19)20-14(4,5)6/h7-10H2,1-6H3,(H,15,18). The Bertz CT molecular complexity index is 325. The molecule has 1 rings (SSSR count). The first-order chi connectivity index (χ1) is 8.98. The summed E-state index contributed by atoms with van der Waals surface area (Å²) in [6.07, 6.45) is -0.312. The van der Waals surface area contributed by atoms with Crippen molar-refractivity contribution < 1.29 is 14.3 Å². The summed E-state index contributed by atoms with van der Waals surface area (Å²) in [6, 6.07) is -0.0821. The molecule has 0 aromatic heterocycles. The number of carbonyl (C=O) groups is 2. The molecule has 1 fully saturated rings. The van der Waals surface area contributed by atoms with Gasteiger partial charge in [-0.3, -0.25) is 0 Å². The van der Waals surface area contributed by atoms with Crippen molar-refractivity contribution in [1.29, 1.82) is 0 Å². The van der Waals surface area contributed by atoms with Crippen molar-refractivity contribution in [3.8, 4) is 0 Å². The molecular weight excluding hydrogens is 258 g/mol. The molecule has 0 radical (unpaired) electrons. The first-order valence-electron chi connectivity index (χ1n) is 7.03. The highest BCUT2D eigenvalue weighted by atomic mass is 16.6. The van der Waals surface area contributed by atoms with Gasteiger partial charge in [-0.15, -0.1) is 0 Å². The highest BCUT2D eigenvalue weighted by Crippen LogP contribution is 2.12. The molecule has 6 heteroatoms. The molecule has 1 heterocycles. The zero-order valence-electron chi connectivity index (χ0n) is 13.4. The molecule has 0 bridgehead atoms. The van der Waals surface area contributed by atoms with E-state index in [4.69, 9.17) is 4.74 Å². The number of urea groups is 1. The molecule has 20 heavy (non-hydrogen) atoms. The number of amides is 3. The van der Waals surface area contributed by atoms with Gasteiger partial charge in [0.2, 0.25) is 0 Å². The Kier molecular flexibility index (Phi) is 4.89. The van der Waals surface area contributed by atoms with E-state index in [9.17, 15) is 9.59 Å². The summed E-state index contributed by atoms with van der Waals surface area (Å²) in [6.45, 7) is 13.4. The second kappa shape index (κ2) is 5.89. The highest BCUT2D eigenvalue weighted by molar-refractivity contribution is 5.75. The van der Waals surface area contributed by atoms with Gasteiger partial charge in [0.1, 0.15) is 5.60 Å². The first kappa shape index (κ1) is 16.6. The topological polar surface area (TPSA) is 61.9 Å². The number of carbonyl (C=O) groups excluding carboxylic acids is 2. The predicted octanol–water partition coefficient (Wildman–Crippen LogP) is 2.05. The Labute approximate surface area is 121 Å². The number of ether oxygens (including phenoxy) is 1. The number of hydrogen-bond donors (Lipinski definition) is 1. The number of rotatable bonds is 0. The number of piperazine rings is 1. The Morgan fingerprint density at radius 3 is 1.75 bits per heavy atom. The van der Waals surface area contributed by atoms with Crippen LogP contribution in [-0.2, 0) is 4.74 Å². The third-order valence-corrected chi connectivity index (χ3v) is 2.70. The van der Waals surface area contributed by atoms with Crippen molar-refractivity contribution in [3.05, 3.63) is 0 Å². The fourth-order valence-corrected chi connectivity index (χ4v) is 1.82. The van der Waals surface area contributed by atoms with Gasteiger partial charge in [-0.05, 0) is 41.5 Å². The molecule has 0 aliphatic carbocycles. The molecule has 6 nitrogen and oxygen atoms in total. The fraction of sp³-hybridized carbons (Fsp3) is 0.857. The SMILES string of the molecule is CC(C)(C)NC(=O)N1CCN(C(=O)OC(C)(C)C)CC1. The lowest BCUT2D eigenvalue weighted by Crippen LogP contribution is -2.56. The molecule has 116 valence electrons. The van der Waals surface area contributed by atoms with E-state index in [1.165, 1.54) is 0 Å². The first-order valence-corrected chi connectivity index (χ1v) is 7.03. The molecule has 1 saturated heterocycles. The van der Waals surface area contributed by atoms with E-state index in [0.29, 0.717) is 26.2 Å². The Balaban J connectivity index is 2.44. The summed E-state index contributed by atoms with van der Waals surface area (Å²) >= 11 is 0. The van der Waals surface area contributed by atoms with Crippen LogP contribution in [0.15, 0.2) is 0 Å². The molecule has 0 saturated carbocycles. The van der Waals surface area contributed by atoms with Gasteiger partial charge in [0.05, 0.1) is 0 Å². The lowest BCUT2D eigenvalue weighted by Gasteiger charge is -2.36. The summed E-state index contributed by atoms with van der Waals surface area (Å²) in [7, 11) is 0. The van der Waals surface area contributed by atoms with E-state index in [2.05, 4.69) is 5.32 Å². The van der Waals surface area contributed by atoms with E-state index in [-0.39, 0.29) is 17.7 Å². The maximum atomic E-state index is 12.0. The van der Waals surface area contributed by atoms with Gasteiger partial charge >= 0.3 is 12.1 Å². The van der Waals surface area contributed by atoms with E-state index in [1.807, 2.05) is 41.5 Å². The quantitative estimate of drug-likeness (QED) is 0.741. The minimum atomic E-state index is -0.488. The lowest BCUT2D eigenvalue weighted by atomic mass is 10.1. The molecule has 0 aromatic carbocycles. The normalized spacial score (nSPS) is 16.9. The lowest BCUT2D eigenvalue weighted by molar-refractivity contribution is 0.0168. The zero-order chi connectivity index (χ0) is 15.6. The van der Waals surface area contributed by atoms with E-state index in [1.54, 1.807) is 9.80 Å². The molecule has 0 atom stereocenters. The van der Waals surface area contributed by atoms with Crippen LogP contribution in [-0.4, -0.2) is 59.2 Å². The molecule has 0 spiro atoms. The summed E-state index contributed by atoms with van der Waals surface area (Å²) in [5.74, 6) is 0. The van der Waals surface area contributed by atoms with Gasteiger partial charge in [-0.25, -0.2) is 9.59 Å². The van der Waals surface area contributed by atoms with Crippen molar-refractivity contribution in [3.63, 3.8) is 0 Å². The minimum absolute atomic E-state index is 0.0821. The van der Waals surface area contributed by atoms with Gasteiger partial charge in [0.15, 0.2) is 0 Å². The van der Waals surface area contributed by atoms with Crippen LogP contribution in [0.25, 0.3) is 0 Å². The minimum Gasteiger partial charge on any atom is -0.444 e. The summed E-state index contributed by atoms with van der Waals surface area (Å²) < 4.78 is 5.32. The number of nitrogens with one attached hydrogen (secondary N) is 1. The molecule has 1 N–H and O–H groups in total. The third-order valence-electron chi connectivity index (χ3n) is 2.70. The van der Waals surface area contributed by atoms with E-state index in [0.717, 1.165) is 0 Å². The largest absolute Gasteiger partial charge is 0.444 e. The van der Waals surface area contributed by atoms with Gasteiger partial charge in [0.25, 0.3) is 0 Å². The Morgan fingerprint density at radius 2 is 1.35 bits per heavy atom. The van der Waals surface area contributed by atoms with Crippen molar-refractivity contribution in [2.75, 3.05) is 26.2 Å². The summed E-state index contributed by atoms with van der Waals surface area (Å²) in [5.41, 5.74) is -0.739. The van der Waals surface area contributed by atoms with Gasteiger partial charge < -0.3 is 19.9 Å². The van der Waals surface area contributed by atoms with Gasteiger partial charge in [-0.2, -0.15) is 0 Å². The summed E-state index contributed by atoms with van der Waals surface area (Å²) in [4.78, 5) is 27.3. The molecular formula is C14H27N3O3. The van der Waals surface area contributed by atoms with Crippen LogP contribution in [0, 0.1) is 0 Å². The molecule has 1 aliphatic rings. The van der Waals surface area contributed by atoms with Crippen molar-refractivity contribution in [1.82, 2.24) is 15.1 Å².